The summed E-state index contributed by atoms with van der Waals surface area (Å²) in [5, 5.41) is 8.15. The van der Waals surface area contributed by atoms with Gasteiger partial charge in [-0.1, -0.05) is 13.8 Å². The third kappa shape index (κ3) is 3.56. The van der Waals surface area contributed by atoms with E-state index >= 15 is 0 Å². The molecule has 1 aromatic rings. The highest BCUT2D eigenvalue weighted by Gasteiger charge is 2.17. The van der Waals surface area contributed by atoms with E-state index in [4.69, 9.17) is 0 Å². The van der Waals surface area contributed by atoms with Crippen molar-refractivity contribution < 1.29 is 0 Å². The third-order valence-corrected chi connectivity index (χ3v) is 3.36. The number of nitrogens with one attached hydrogen (secondary N) is 1. The highest BCUT2D eigenvalue weighted by atomic mass is 15.3. The van der Waals surface area contributed by atoms with E-state index in [2.05, 4.69) is 52.0 Å². The van der Waals surface area contributed by atoms with Gasteiger partial charge in [-0.3, -0.25) is 4.68 Å². The molecule has 0 aliphatic heterocycles. The number of rotatable bonds is 5. The Morgan fingerprint density at radius 2 is 1.76 bits per heavy atom. The molecule has 0 saturated heterocycles. The van der Waals surface area contributed by atoms with Crippen LogP contribution in [0, 0.1) is 19.8 Å². The predicted octanol–water partition coefficient (Wildman–Crippen LogP) is 3.12. The summed E-state index contributed by atoms with van der Waals surface area (Å²) in [5.74, 6) is 0.737. The quantitative estimate of drug-likeness (QED) is 0.852. The van der Waals surface area contributed by atoms with Gasteiger partial charge in [0.15, 0.2) is 0 Å². The summed E-state index contributed by atoms with van der Waals surface area (Å²) in [4.78, 5) is 0. The second-order valence-electron chi connectivity index (χ2n) is 5.63. The normalized spacial score (nSPS) is 15.3. The van der Waals surface area contributed by atoms with Crippen LogP contribution in [0.5, 0.6) is 0 Å². The Morgan fingerprint density at radius 3 is 2.18 bits per heavy atom. The zero-order valence-electron chi connectivity index (χ0n) is 12.3. The van der Waals surface area contributed by atoms with Gasteiger partial charge in [-0.05, 0) is 40.0 Å². The number of hydrogen-bond acceptors (Lipinski definition) is 2. The molecule has 2 unspecified atom stereocenters. The van der Waals surface area contributed by atoms with E-state index in [1.54, 1.807) is 0 Å². The molecule has 0 fully saturated rings. The smallest absolute Gasteiger partial charge is 0.0644 e. The Balaban J connectivity index is 2.72. The molecule has 98 valence electrons. The maximum Gasteiger partial charge on any atom is 0.0644 e. The molecule has 0 radical (unpaired) electrons. The molecule has 0 aliphatic rings. The number of hydrogen-bond donors (Lipinski definition) is 1. The fourth-order valence-electron chi connectivity index (χ4n) is 2.70. The molecule has 0 saturated carbocycles. The zero-order valence-corrected chi connectivity index (χ0v) is 12.3. The van der Waals surface area contributed by atoms with Crippen molar-refractivity contribution in [2.75, 3.05) is 0 Å². The van der Waals surface area contributed by atoms with Gasteiger partial charge in [0, 0.05) is 30.4 Å². The molecular formula is C14H27N3. The predicted molar refractivity (Wildman–Crippen MR) is 73.1 cm³/mol. The van der Waals surface area contributed by atoms with Gasteiger partial charge in [-0.15, -0.1) is 0 Å². The van der Waals surface area contributed by atoms with Gasteiger partial charge >= 0.3 is 0 Å². The van der Waals surface area contributed by atoms with Crippen molar-refractivity contribution in [2.45, 2.75) is 60.0 Å². The summed E-state index contributed by atoms with van der Waals surface area (Å²) >= 11 is 0. The van der Waals surface area contributed by atoms with Crippen LogP contribution in [0.3, 0.4) is 0 Å². The fraction of sp³-hybridized carbons (Fsp3) is 0.786. The molecule has 0 amide bonds. The molecule has 0 aromatic carbocycles. The second kappa shape index (κ2) is 5.67. The molecular weight excluding hydrogens is 210 g/mol. The van der Waals surface area contributed by atoms with Crippen molar-refractivity contribution in [1.82, 2.24) is 15.1 Å². The third-order valence-electron chi connectivity index (χ3n) is 3.36. The molecule has 1 heterocycles. The summed E-state index contributed by atoms with van der Waals surface area (Å²) in [7, 11) is 2.01. The van der Waals surface area contributed by atoms with E-state index in [-0.39, 0.29) is 0 Å². The van der Waals surface area contributed by atoms with Crippen LogP contribution in [0.15, 0.2) is 0 Å². The Hall–Kier alpha value is -0.830. The van der Waals surface area contributed by atoms with Crippen molar-refractivity contribution in [2.24, 2.45) is 13.0 Å². The fourth-order valence-corrected chi connectivity index (χ4v) is 2.70. The van der Waals surface area contributed by atoms with E-state index in [1.165, 1.54) is 17.7 Å². The summed E-state index contributed by atoms with van der Waals surface area (Å²) in [6.45, 7) is 13.3. The second-order valence-corrected chi connectivity index (χ2v) is 5.63. The van der Waals surface area contributed by atoms with E-state index in [9.17, 15) is 0 Å². The van der Waals surface area contributed by atoms with Gasteiger partial charge in [0.2, 0.25) is 0 Å². The van der Waals surface area contributed by atoms with Crippen LogP contribution in [0.2, 0.25) is 0 Å². The Kier molecular flexibility index (Phi) is 4.75. The lowest BCUT2D eigenvalue weighted by Crippen LogP contribution is -2.30. The van der Waals surface area contributed by atoms with Crippen LogP contribution < -0.4 is 5.32 Å². The van der Waals surface area contributed by atoms with Gasteiger partial charge in [0.05, 0.1) is 5.69 Å². The molecule has 0 spiro atoms. The number of aryl methyl sites for hydroxylation is 2. The average Bonchev–Trinajstić information content (AvgIpc) is 2.39. The van der Waals surface area contributed by atoms with Crippen LogP contribution >= 0.6 is 0 Å². The first-order chi connectivity index (χ1) is 7.82. The molecule has 17 heavy (non-hydrogen) atoms. The van der Waals surface area contributed by atoms with Gasteiger partial charge in [0.1, 0.15) is 0 Å². The van der Waals surface area contributed by atoms with Crippen molar-refractivity contribution >= 4 is 0 Å². The molecule has 1 N–H and O–H groups in total. The van der Waals surface area contributed by atoms with Crippen LogP contribution in [-0.4, -0.2) is 15.8 Å². The molecule has 1 rings (SSSR count). The highest BCUT2D eigenvalue weighted by Crippen LogP contribution is 2.21. The molecule has 0 bridgehead atoms. The molecule has 1 aromatic heterocycles. The van der Waals surface area contributed by atoms with Crippen LogP contribution in [0.25, 0.3) is 0 Å². The van der Waals surface area contributed by atoms with Crippen LogP contribution in [0.4, 0.5) is 0 Å². The van der Waals surface area contributed by atoms with Crippen molar-refractivity contribution in [3.8, 4) is 0 Å². The maximum atomic E-state index is 4.48. The largest absolute Gasteiger partial charge is 0.308 e. The van der Waals surface area contributed by atoms with E-state index in [0.717, 1.165) is 11.6 Å². The topological polar surface area (TPSA) is 29.9 Å². The molecule has 0 aliphatic carbocycles. The van der Waals surface area contributed by atoms with Gasteiger partial charge < -0.3 is 5.32 Å². The van der Waals surface area contributed by atoms with Crippen LogP contribution in [-0.2, 0) is 7.05 Å². The van der Waals surface area contributed by atoms with E-state index in [1.807, 2.05) is 11.7 Å². The lowest BCUT2D eigenvalue weighted by Gasteiger charge is -2.22. The summed E-state index contributed by atoms with van der Waals surface area (Å²) in [5.41, 5.74) is 3.75. The summed E-state index contributed by atoms with van der Waals surface area (Å²) < 4.78 is 1.97. The molecule has 2 atom stereocenters. The summed E-state index contributed by atoms with van der Waals surface area (Å²) in [6.07, 6.45) is 1.21. The summed E-state index contributed by atoms with van der Waals surface area (Å²) in [6, 6.07) is 0.918. The maximum absolute atomic E-state index is 4.48. The van der Waals surface area contributed by atoms with Crippen molar-refractivity contribution in [3.63, 3.8) is 0 Å². The minimum absolute atomic E-state index is 0.373. The highest BCUT2D eigenvalue weighted by molar-refractivity contribution is 5.27. The first-order valence-corrected chi connectivity index (χ1v) is 6.59. The SMILES string of the molecule is Cc1nn(C)c(C)c1C(C)NC(C)CC(C)C. The number of aromatic nitrogens is 2. The standard InChI is InChI=1S/C14H27N3/c1-9(2)8-10(3)15-11(4)14-12(5)16-17(7)13(14)6/h9-11,15H,8H2,1-7H3. The van der Waals surface area contributed by atoms with Crippen molar-refractivity contribution in [3.05, 3.63) is 17.0 Å². The zero-order chi connectivity index (χ0) is 13.2. The molecule has 3 nitrogen and oxygen atoms in total. The average molecular weight is 237 g/mol. The lowest BCUT2D eigenvalue weighted by atomic mass is 10.0. The van der Waals surface area contributed by atoms with Gasteiger partial charge in [-0.25, -0.2) is 0 Å². The monoisotopic (exact) mass is 237 g/mol. The Labute approximate surface area is 106 Å². The molecule has 3 heteroatoms. The Morgan fingerprint density at radius 1 is 1.18 bits per heavy atom. The van der Waals surface area contributed by atoms with Crippen molar-refractivity contribution in [1.29, 1.82) is 0 Å². The minimum Gasteiger partial charge on any atom is -0.308 e. The Bertz CT molecular complexity index is 366. The van der Waals surface area contributed by atoms with Gasteiger partial charge in [-0.2, -0.15) is 5.10 Å². The lowest BCUT2D eigenvalue weighted by molar-refractivity contribution is 0.405. The number of nitrogens with zero attached hydrogens (tertiary/aromatic N) is 2. The minimum atomic E-state index is 0.373. The van der Waals surface area contributed by atoms with E-state index < -0.39 is 0 Å². The van der Waals surface area contributed by atoms with Gasteiger partial charge in [0.25, 0.3) is 0 Å². The first-order valence-electron chi connectivity index (χ1n) is 6.59. The van der Waals surface area contributed by atoms with Crippen LogP contribution in [0.1, 0.15) is 57.1 Å². The van der Waals surface area contributed by atoms with E-state index in [0.29, 0.717) is 12.1 Å². The first kappa shape index (κ1) is 14.2.